The average molecular weight is 430 g/mol. The number of nitrogens with zero attached hydrogens (tertiary/aromatic N) is 3. The minimum Gasteiger partial charge on any atom is -0.492 e. The van der Waals surface area contributed by atoms with Gasteiger partial charge < -0.3 is 20.3 Å². The van der Waals surface area contributed by atoms with Gasteiger partial charge in [0.25, 0.3) is 5.91 Å². The average Bonchev–Trinajstić information content (AvgIpc) is 3.18. The molecule has 0 aliphatic carbocycles. The molecule has 1 aromatic carbocycles. The zero-order valence-corrected chi connectivity index (χ0v) is 17.9. The van der Waals surface area contributed by atoms with Crippen LogP contribution in [0, 0.1) is 0 Å². The molecule has 1 saturated heterocycles. The molecule has 0 unspecified atom stereocenters. The molecule has 0 atom stereocenters. The lowest BCUT2D eigenvalue weighted by molar-refractivity contribution is -0.126. The van der Waals surface area contributed by atoms with Crippen molar-refractivity contribution in [1.82, 2.24) is 20.0 Å². The molecule has 1 aromatic heterocycles. The molecule has 1 aliphatic heterocycles. The van der Waals surface area contributed by atoms with Gasteiger partial charge in [-0.25, -0.2) is 0 Å². The second kappa shape index (κ2) is 11.3. The summed E-state index contributed by atoms with van der Waals surface area (Å²) in [5, 5.41) is 10.7. The van der Waals surface area contributed by atoms with Crippen molar-refractivity contribution in [3.63, 3.8) is 0 Å². The lowest BCUT2D eigenvalue weighted by Gasteiger charge is -2.36. The number of rotatable bonds is 7. The van der Waals surface area contributed by atoms with Crippen molar-refractivity contribution in [2.45, 2.75) is 18.4 Å². The van der Waals surface area contributed by atoms with Gasteiger partial charge in [0.1, 0.15) is 17.9 Å². The number of carbonyl (C=O) groups is 1. The van der Waals surface area contributed by atoms with Gasteiger partial charge >= 0.3 is 0 Å². The first kappa shape index (κ1) is 24.2. The number of likely N-dealkylation sites (N-methyl/N-ethyl adjacent to an activating group) is 1. The van der Waals surface area contributed by atoms with Crippen LogP contribution >= 0.6 is 24.8 Å². The highest BCUT2D eigenvalue weighted by molar-refractivity contribution is 5.96. The van der Waals surface area contributed by atoms with Crippen LogP contribution in [0.2, 0.25) is 0 Å². The standard InChI is InChI=1S/C19H27N5O2.2ClH/c1-23(2)14-15-26-17-6-4-16(5-7-17)22-18(25)19(8-11-20-12-9-19)24-13-3-10-21-24;;/h3-7,10,13,20H,8-9,11-12,14-15H2,1-2H3,(H,22,25);2*1H. The second-order valence-electron chi connectivity index (χ2n) is 6.86. The van der Waals surface area contributed by atoms with E-state index in [1.54, 1.807) is 10.9 Å². The Hall–Kier alpha value is -1.80. The first-order valence-corrected chi connectivity index (χ1v) is 9.00. The highest BCUT2D eigenvalue weighted by atomic mass is 35.5. The van der Waals surface area contributed by atoms with Crippen LogP contribution in [0.15, 0.2) is 42.7 Å². The maximum absolute atomic E-state index is 13.1. The van der Waals surface area contributed by atoms with E-state index in [9.17, 15) is 4.79 Å². The third-order valence-corrected chi connectivity index (χ3v) is 4.72. The number of aromatic nitrogens is 2. The summed E-state index contributed by atoms with van der Waals surface area (Å²) in [5.41, 5.74) is 0.121. The summed E-state index contributed by atoms with van der Waals surface area (Å²) in [7, 11) is 4.02. The minimum atomic E-state index is -0.643. The zero-order valence-electron chi connectivity index (χ0n) is 16.3. The fourth-order valence-corrected chi connectivity index (χ4v) is 3.15. The topological polar surface area (TPSA) is 71.4 Å². The van der Waals surface area contributed by atoms with Crippen molar-refractivity contribution in [3.8, 4) is 5.75 Å². The van der Waals surface area contributed by atoms with Crippen LogP contribution in [0.4, 0.5) is 5.69 Å². The number of benzene rings is 1. The van der Waals surface area contributed by atoms with Crippen LogP contribution in [0.5, 0.6) is 5.75 Å². The Balaban J connectivity index is 0.00000196. The zero-order chi connectivity index (χ0) is 18.4. The van der Waals surface area contributed by atoms with Gasteiger partial charge in [0.05, 0.1) is 0 Å². The van der Waals surface area contributed by atoms with E-state index in [2.05, 4.69) is 20.6 Å². The van der Waals surface area contributed by atoms with Crippen molar-refractivity contribution in [1.29, 1.82) is 0 Å². The van der Waals surface area contributed by atoms with Crippen LogP contribution in [0.1, 0.15) is 12.8 Å². The van der Waals surface area contributed by atoms with Crippen molar-refractivity contribution < 1.29 is 9.53 Å². The Morgan fingerprint density at radius 1 is 1.25 bits per heavy atom. The van der Waals surface area contributed by atoms with Gasteiger partial charge in [0.2, 0.25) is 0 Å². The maximum Gasteiger partial charge on any atom is 0.252 e. The molecule has 1 aliphatic rings. The summed E-state index contributed by atoms with van der Waals surface area (Å²) in [6, 6.07) is 9.38. The molecule has 2 heterocycles. The Morgan fingerprint density at radius 3 is 2.50 bits per heavy atom. The second-order valence-corrected chi connectivity index (χ2v) is 6.86. The molecule has 1 amide bonds. The van der Waals surface area contributed by atoms with E-state index < -0.39 is 5.54 Å². The molecule has 0 bridgehead atoms. The van der Waals surface area contributed by atoms with Crippen LogP contribution < -0.4 is 15.4 Å². The summed E-state index contributed by atoms with van der Waals surface area (Å²) < 4.78 is 7.49. The summed E-state index contributed by atoms with van der Waals surface area (Å²) >= 11 is 0. The lowest BCUT2D eigenvalue weighted by Crippen LogP contribution is -2.52. The van der Waals surface area contributed by atoms with E-state index in [4.69, 9.17) is 4.74 Å². The lowest BCUT2D eigenvalue weighted by atomic mass is 9.87. The van der Waals surface area contributed by atoms with E-state index in [0.717, 1.165) is 31.1 Å². The van der Waals surface area contributed by atoms with Crippen LogP contribution in [-0.4, -0.2) is 60.9 Å². The predicted octanol–water partition coefficient (Wildman–Crippen LogP) is 2.38. The minimum absolute atomic E-state index is 0. The molecule has 3 rings (SSSR count). The number of ether oxygens (including phenoxy) is 1. The van der Waals surface area contributed by atoms with E-state index in [1.165, 1.54) is 0 Å². The molecule has 2 N–H and O–H groups in total. The van der Waals surface area contributed by atoms with Crippen molar-refractivity contribution in [2.75, 3.05) is 45.7 Å². The summed E-state index contributed by atoms with van der Waals surface area (Å²) in [6.07, 6.45) is 5.02. The molecule has 156 valence electrons. The quantitative estimate of drug-likeness (QED) is 0.706. The molecule has 2 aromatic rings. The fraction of sp³-hybridized carbons (Fsp3) is 0.474. The van der Waals surface area contributed by atoms with Crippen molar-refractivity contribution in [2.24, 2.45) is 0 Å². The van der Waals surface area contributed by atoms with Crippen molar-refractivity contribution in [3.05, 3.63) is 42.7 Å². The maximum atomic E-state index is 13.1. The predicted molar refractivity (Wildman–Crippen MR) is 116 cm³/mol. The molecule has 0 spiro atoms. The van der Waals surface area contributed by atoms with Crippen LogP contribution in [0.3, 0.4) is 0 Å². The Kier molecular flexibility index (Phi) is 9.75. The van der Waals surface area contributed by atoms with Gasteiger partial charge in [-0.05, 0) is 70.4 Å². The Bertz CT molecular complexity index is 702. The number of halogens is 2. The highest BCUT2D eigenvalue weighted by Crippen LogP contribution is 2.29. The molecule has 0 saturated carbocycles. The van der Waals surface area contributed by atoms with Gasteiger partial charge in [-0.2, -0.15) is 5.10 Å². The molecule has 7 nitrogen and oxygen atoms in total. The SMILES string of the molecule is CN(C)CCOc1ccc(NC(=O)C2(n3cccn3)CCNCC2)cc1.Cl.Cl. The number of hydrogen-bond donors (Lipinski definition) is 2. The van der Waals surface area contributed by atoms with Crippen LogP contribution in [0.25, 0.3) is 0 Å². The van der Waals surface area contributed by atoms with E-state index >= 15 is 0 Å². The summed E-state index contributed by atoms with van der Waals surface area (Å²) in [4.78, 5) is 15.2. The summed E-state index contributed by atoms with van der Waals surface area (Å²) in [6.45, 7) is 3.09. The fourth-order valence-electron chi connectivity index (χ4n) is 3.15. The number of nitrogens with one attached hydrogen (secondary N) is 2. The van der Waals surface area contributed by atoms with E-state index in [1.807, 2.05) is 50.6 Å². The number of hydrogen-bond acceptors (Lipinski definition) is 5. The highest BCUT2D eigenvalue weighted by Gasteiger charge is 2.42. The number of anilines is 1. The first-order chi connectivity index (χ1) is 12.6. The molecule has 28 heavy (non-hydrogen) atoms. The molecule has 1 fully saturated rings. The third-order valence-electron chi connectivity index (χ3n) is 4.72. The normalized spacial score (nSPS) is 15.2. The van der Waals surface area contributed by atoms with E-state index in [0.29, 0.717) is 19.4 Å². The molecular weight excluding hydrogens is 401 g/mol. The molecule has 0 radical (unpaired) electrons. The summed E-state index contributed by atoms with van der Waals surface area (Å²) in [5.74, 6) is 0.775. The number of piperidine rings is 1. The third kappa shape index (κ3) is 5.85. The van der Waals surface area contributed by atoms with Gasteiger partial charge in [0.15, 0.2) is 0 Å². The monoisotopic (exact) mass is 429 g/mol. The van der Waals surface area contributed by atoms with Crippen molar-refractivity contribution >= 4 is 36.4 Å². The molecular formula is C19H29Cl2N5O2. The smallest absolute Gasteiger partial charge is 0.252 e. The Labute approximate surface area is 178 Å². The van der Waals surface area contributed by atoms with E-state index in [-0.39, 0.29) is 30.7 Å². The largest absolute Gasteiger partial charge is 0.492 e. The van der Waals surface area contributed by atoms with Gasteiger partial charge in [-0.3, -0.25) is 9.48 Å². The molecule has 9 heteroatoms. The van der Waals surface area contributed by atoms with Gasteiger partial charge in [-0.15, -0.1) is 24.8 Å². The van der Waals surface area contributed by atoms with Gasteiger partial charge in [0, 0.05) is 24.6 Å². The van der Waals surface area contributed by atoms with Crippen LogP contribution in [-0.2, 0) is 10.3 Å². The first-order valence-electron chi connectivity index (χ1n) is 9.00. The Morgan fingerprint density at radius 2 is 1.93 bits per heavy atom. The van der Waals surface area contributed by atoms with Gasteiger partial charge in [-0.1, -0.05) is 0 Å². The number of amides is 1. The number of carbonyl (C=O) groups excluding carboxylic acids is 1.